The van der Waals surface area contributed by atoms with Crippen molar-refractivity contribution in [3.63, 3.8) is 0 Å². The van der Waals surface area contributed by atoms with Crippen molar-refractivity contribution in [3.05, 3.63) is 54.4 Å². The lowest BCUT2D eigenvalue weighted by molar-refractivity contribution is -0.121. The second-order valence-electron chi connectivity index (χ2n) is 6.58. The molecule has 0 aliphatic carbocycles. The third kappa shape index (κ3) is 3.51. The molecule has 1 unspecified atom stereocenters. The number of fused-ring (bicyclic) bond motifs is 1. The number of aromatic amines is 1. The highest BCUT2D eigenvalue weighted by atomic mass is 16.5. The average Bonchev–Trinajstić information content (AvgIpc) is 3.27. The van der Waals surface area contributed by atoms with Crippen molar-refractivity contribution < 1.29 is 19.0 Å². The molecule has 2 aromatic carbocycles. The van der Waals surface area contributed by atoms with Crippen LogP contribution in [0.3, 0.4) is 0 Å². The van der Waals surface area contributed by atoms with Gasteiger partial charge in [0.2, 0.25) is 5.91 Å². The number of methoxy groups -OCH3 is 2. The van der Waals surface area contributed by atoms with Crippen molar-refractivity contribution in [3.8, 4) is 28.4 Å². The van der Waals surface area contributed by atoms with Gasteiger partial charge >= 0.3 is 0 Å². The molecular weight excluding hydrogens is 358 g/mol. The fourth-order valence-electron chi connectivity index (χ4n) is 3.30. The average molecular weight is 379 g/mol. The second kappa shape index (κ2) is 7.64. The number of amides is 1. The molecule has 0 spiro atoms. The summed E-state index contributed by atoms with van der Waals surface area (Å²) in [7, 11) is 3.22. The minimum Gasteiger partial charge on any atom is -0.497 e. The van der Waals surface area contributed by atoms with Crippen LogP contribution in [-0.4, -0.2) is 36.9 Å². The number of nitrogens with one attached hydrogen (secondary N) is 2. The first-order chi connectivity index (χ1) is 13.7. The van der Waals surface area contributed by atoms with E-state index in [0.717, 1.165) is 28.2 Å². The smallest absolute Gasteiger partial charge is 0.231 e. The van der Waals surface area contributed by atoms with E-state index in [1.54, 1.807) is 26.6 Å². The second-order valence-corrected chi connectivity index (χ2v) is 6.58. The number of H-pyrrole nitrogens is 1. The fraction of sp³-hybridized carbons (Fsp3) is 0.238. The first-order valence-corrected chi connectivity index (χ1v) is 8.95. The van der Waals surface area contributed by atoms with Gasteiger partial charge in [0.1, 0.15) is 23.9 Å². The van der Waals surface area contributed by atoms with Gasteiger partial charge < -0.3 is 19.5 Å². The molecule has 28 heavy (non-hydrogen) atoms. The van der Waals surface area contributed by atoms with Gasteiger partial charge in [-0.1, -0.05) is 6.07 Å². The van der Waals surface area contributed by atoms with Crippen LogP contribution in [0.25, 0.3) is 11.1 Å². The van der Waals surface area contributed by atoms with Gasteiger partial charge in [-0.25, -0.2) is 0 Å². The van der Waals surface area contributed by atoms with E-state index in [-0.39, 0.29) is 11.8 Å². The molecule has 7 nitrogen and oxygen atoms in total. The maximum absolute atomic E-state index is 12.7. The van der Waals surface area contributed by atoms with E-state index in [9.17, 15) is 4.79 Å². The van der Waals surface area contributed by atoms with Crippen LogP contribution in [0.2, 0.25) is 0 Å². The molecular formula is C21H21N3O4. The highest BCUT2D eigenvalue weighted by Crippen LogP contribution is 2.33. The molecule has 0 radical (unpaired) electrons. The van der Waals surface area contributed by atoms with Gasteiger partial charge in [-0.3, -0.25) is 9.89 Å². The zero-order valence-corrected chi connectivity index (χ0v) is 15.7. The molecule has 1 amide bonds. The zero-order chi connectivity index (χ0) is 19.5. The lowest BCUT2D eigenvalue weighted by Crippen LogP contribution is -2.32. The Kier molecular flexibility index (Phi) is 4.89. The Labute approximate surface area is 162 Å². The topological polar surface area (TPSA) is 85.5 Å². The number of hydrogen-bond acceptors (Lipinski definition) is 5. The number of carbonyl (C=O) groups is 1. The van der Waals surface area contributed by atoms with Crippen molar-refractivity contribution in [1.29, 1.82) is 0 Å². The highest BCUT2D eigenvalue weighted by Gasteiger charge is 2.26. The van der Waals surface area contributed by atoms with Gasteiger partial charge in [0.25, 0.3) is 0 Å². The molecule has 0 saturated carbocycles. The molecule has 1 atom stereocenters. The SMILES string of the molecule is COc1ccc2c(c1)OCC(C(=O)Nc1ccc(-c3cn[nH]c3)c(OC)c1)C2. The summed E-state index contributed by atoms with van der Waals surface area (Å²) in [4.78, 5) is 12.7. The number of benzene rings is 2. The largest absolute Gasteiger partial charge is 0.497 e. The number of hydrogen-bond donors (Lipinski definition) is 2. The van der Waals surface area contributed by atoms with Crippen LogP contribution in [-0.2, 0) is 11.2 Å². The minimum atomic E-state index is -0.263. The summed E-state index contributed by atoms with van der Waals surface area (Å²) in [5.41, 5.74) is 3.50. The molecule has 3 aromatic rings. The Morgan fingerprint density at radius 1 is 1.21 bits per heavy atom. The van der Waals surface area contributed by atoms with Crippen molar-refractivity contribution >= 4 is 11.6 Å². The Balaban J connectivity index is 1.48. The Morgan fingerprint density at radius 2 is 2.11 bits per heavy atom. The van der Waals surface area contributed by atoms with Crippen LogP contribution in [0, 0.1) is 5.92 Å². The van der Waals surface area contributed by atoms with Crippen molar-refractivity contribution in [2.45, 2.75) is 6.42 Å². The monoisotopic (exact) mass is 379 g/mol. The van der Waals surface area contributed by atoms with Gasteiger partial charge in [-0.05, 0) is 30.2 Å². The molecule has 7 heteroatoms. The van der Waals surface area contributed by atoms with E-state index >= 15 is 0 Å². The maximum atomic E-state index is 12.7. The Hall–Kier alpha value is -3.48. The predicted molar refractivity (Wildman–Crippen MR) is 105 cm³/mol. The normalized spacial score (nSPS) is 15.3. The maximum Gasteiger partial charge on any atom is 0.231 e. The molecule has 2 N–H and O–H groups in total. The van der Waals surface area contributed by atoms with E-state index in [0.29, 0.717) is 24.5 Å². The van der Waals surface area contributed by atoms with E-state index in [2.05, 4.69) is 15.5 Å². The van der Waals surface area contributed by atoms with Crippen LogP contribution in [0.1, 0.15) is 5.56 Å². The molecule has 0 saturated heterocycles. The van der Waals surface area contributed by atoms with Crippen LogP contribution in [0.4, 0.5) is 5.69 Å². The van der Waals surface area contributed by atoms with Gasteiger partial charge in [0.05, 0.1) is 26.3 Å². The van der Waals surface area contributed by atoms with Crippen molar-refractivity contribution in [1.82, 2.24) is 10.2 Å². The van der Waals surface area contributed by atoms with Gasteiger partial charge in [-0.2, -0.15) is 5.10 Å². The van der Waals surface area contributed by atoms with Crippen molar-refractivity contribution in [2.24, 2.45) is 5.92 Å². The number of aromatic nitrogens is 2. The molecule has 0 bridgehead atoms. The summed E-state index contributed by atoms with van der Waals surface area (Å²) in [6.07, 6.45) is 4.14. The highest BCUT2D eigenvalue weighted by molar-refractivity contribution is 5.93. The number of carbonyl (C=O) groups excluding carboxylic acids is 1. The molecule has 1 aliphatic heterocycles. The summed E-state index contributed by atoms with van der Waals surface area (Å²) < 4.78 is 16.5. The molecule has 144 valence electrons. The van der Waals surface area contributed by atoms with Crippen molar-refractivity contribution in [2.75, 3.05) is 26.1 Å². The number of rotatable bonds is 5. The number of ether oxygens (including phenoxy) is 3. The Bertz CT molecular complexity index is 985. The summed E-state index contributed by atoms with van der Waals surface area (Å²) in [6, 6.07) is 11.2. The first-order valence-electron chi connectivity index (χ1n) is 8.95. The first kappa shape index (κ1) is 17.9. The van der Waals surface area contributed by atoms with Crippen LogP contribution < -0.4 is 19.5 Å². The van der Waals surface area contributed by atoms with Gasteiger partial charge in [-0.15, -0.1) is 0 Å². The third-order valence-corrected chi connectivity index (χ3v) is 4.83. The predicted octanol–water partition coefficient (Wildman–Crippen LogP) is 3.28. The standard InChI is InChI=1S/C21H21N3O4/c1-26-17-5-3-13-7-14(12-28-19(13)9-17)21(25)24-16-4-6-18(20(8-16)27-2)15-10-22-23-11-15/h3-6,8-11,14H,7,12H2,1-2H3,(H,22,23)(H,24,25). The van der Waals surface area contributed by atoms with E-state index < -0.39 is 0 Å². The van der Waals surface area contributed by atoms with E-state index in [1.807, 2.05) is 36.4 Å². The van der Waals surface area contributed by atoms with Gasteiger partial charge in [0.15, 0.2) is 0 Å². The molecule has 2 heterocycles. The van der Waals surface area contributed by atoms with E-state index in [4.69, 9.17) is 14.2 Å². The summed E-state index contributed by atoms with van der Waals surface area (Å²) in [5.74, 6) is 1.83. The lowest BCUT2D eigenvalue weighted by Gasteiger charge is -2.25. The quantitative estimate of drug-likeness (QED) is 0.711. The molecule has 1 aliphatic rings. The molecule has 1 aromatic heterocycles. The summed E-state index contributed by atoms with van der Waals surface area (Å²) in [6.45, 7) is 0.330. The van der Waals surface area contributed by atoms with Gasteiger partial charge in [0, 0.05) is 35.1 Å². The fourth-order valence-corrected chi connectivity index (χ4v) is 3.30. The van der Waals surface area contributed by atoms with Crippen LogP contribution in [0.5, 0.6) is 17.2 Å². The number of nitrogens with zero attached hydrogens (tertiary/aromatic N) is 1. The third-order valence-electron chi connectivity index (χ3n) is 4.83. The molecule has 0 fully saturated rings. The Morgan fingerprint density at radius 3 is 2.86 bits per heavy atom. The lowest BCUT2D eigenvalue weighted by atomic mass is 9.95. The van der Waals surface area contributed by atoms with Crippen LogP contribution in [0.15, 0.2) is 48.8 Å². The minimum absolute atomic E-state index is 0.0837. The van der Waals surface area contributed by atoms with Crippen LogP contribution >= 0.6 is 0 Å². The summed E-state index contributed by atoms with van der Waals surface area (Å²) >= 11 is 0. The number of anilines is 1. The van der Waals surface area contributed by atoms with E-state index in [1.165, 1.54) is 0 Å². The summed E-state index contributed by atoms with van der Waals surface area (Å²) in [5, 5.41) is 9.72. The zero-order valence-electron chi connectivity index (χ0n) is 15.7. The molecule has 4 rings (SSSR count).